The van der Waals surface area contributed by atoms with Crippen LogP contribution >= 0.6 is 0 Å². The van der Waals surface area contributed by atoms with Crippen LogP contribution in [-0.2, 0) is 11.2 Å². The van der Waals surface area contributed by atoms with Gasteiger partial charge in [-0.1, -0.05) is 30.3 Å². The molecule has 0 aliphatic heterocycles. The van der Waals surface area contributed by atoms with Crippen LogP contribution in [-0.4, -0.2) is 26.4 Å². The summed E-state index contributed by atoms with van der Waals surface area (Å²) in [5.74, 6) is -0.208. The Morgan fingerprint density at radius 3 is 2.53 bits per heavy atom. The van der Waals surface area contributed by atoms with E-state index < -0.39 is 0 Å². The number of aromatic nitrogens is 3. The highest BCUT2D eigenvalue weighted by Crippen LogP contribution is 2.20. The Labute approximate surface area is 199 Å². The van der Waals surface area contributed by atoms with E-state index in [9.17, 15) is 9.59 Å². The van der Waals surface area contributed by atoms with Gasteiger partial charge in [0.25, 0.3) is 5.91 Å². The lowest BCUT2D eigenvalue weighted by Gasteiger charge is -2.16. The summed E-state index contributed by atoms with van der Waals surface area (Å²) in [5.41, 5.74) is 6.93. The molecule has 2 aromatic heterocycles. The van der Waals surface area contributed by atoms with Gasteiger partial charge in [-0.15, -0.1) is 0 Å². The number of carbonyl (C=O) groups is 2. The third kappa shape index (κ3) is 5.14. The number of amides is 2. The van der Waals surface area contributed by atoms with Crippen molar-refractivity contribution in [1.29, 1.82) is 0 Å². The summed E-state index contributed by atoms with van der Waals surface area (Å²) < 4.78 is 1.84. The lowest BCUT2D eigenvalue weighted by atomic mass is 10.0. The minimum Gasteiger partial charge on any atom is -0.350 e. The van der Waals surface area contributed by atoms with Crippen LogP contribution in [0.15, 0.2) is 60.7 Å². The number of carbonyl (C=O) groups excluding carboxylic acids is 2. The van der Waals surface area contributed by atoms with E-state index in [1.165, 1.54) is 0 Å². The first kappa shape index (κ1) is 23.2. The van der Waals surface area contributed by atoms with Crippen molar-refractivity contribution in [2.45, 2.75) is 46.6 Å². The van der Waals surface area contributed by atoms with E-state index in [0.29, 0.717) is 24.1 Å². The van der Waals surface area contributed by atoms with E-state index in [0.717, 1.165) is 33.9 Å². The second-order valence-corrected chi connectivity index (χ2v) is 8.55. The molecule has 2 amide bonds. The Morgan fingerprint density at radius 2 is 1.76 bits per heavy atom. The van der Waals surface area contributed by atoms with Gasteiger partial charge >= 0.3 is 0 Å². The van der Waals surface area contributed by atoms with Crippen molar-refractivity contribution in [2.24, 2.45) is 0 Å². The summed E-state index contributed by atoms with van der Waals surface area (Å²) in [6.07, 6.45) is 0.940. The molecule has 2 heterocycles. The largest absolute Gasteiger partial charge is 0.350 e. The van der Waals surface area contributed by atoms with Gasteiger partial charge in [0.05, 0.1) is 11.7 Å². The minimum absolute atomic E-state index is 0.0400. The zero-order valence-electron chi connectivity index (χ0n) is 19.9. The highest BCUT2D eigenvalue weighted by molar-refractivity contribution is 6.04. The van der Waals surface area contributed by atoms with E-state index in [1.807, 2.05) is 80.7 Å². The average Bonchev–Trinajstić information content (AvgIpc) is 3.19. The maximum atomic E-state index is 12.7. The van der Waals surface area contributed by atoms with Crippen molar-refractivity contribution >= 4 is 23.1 Å². The molecule has 0 aliphatic rings. The Morgan fingerprint density at radius 1 is 1.00 bits per heavy atom. The zero-order valence-corrected chi connectivity index (χ0v) is 19.9. The number of aryl methyl sites for hydroxylation is 3. The molecule has 1 unspecified atom stereocenters. The van der Waals surface area contributed by atoms with Crippen LogP contribution in [0, 0.1) is 20.8 Å². The molecule has 7 nitrogen and oxygen atoms in total. The number of hydrogen-bond donors (Lipinski definition) is 2. The smallest absolute Gasteiger partial charge is 0.255 e. The van der Waals surface area contributed by atoms with Gasteiger partial charge in [-0.25, -0.2) is 9.50 Å². The molecule has 0 saturated heterocycles. The summed E-state index contributed by atoms with van der Waals surface area (Å²) in [6, 6.07) is 18.4. The molecule has 4 aromatic rings. The first-order chi connectivity index (χ1) is 16.3. The maximum Gasteiger partial charge on any atom is 0.255 e. The molecule has 2 N–H and O–H groups in total. The highest BCUT2D eigenvalue weighted by Gasteiger charge is 2.15. The first-order valence-corrected chi connectivity index (χ1v) is 11.4. The Bertz CT molecular complexity index is 1340. The zero-order chi connectivity index (χ0) is 24.2. The molecule has 0 fully saturated rings. The number of nitrogens with one attached hydrogen (secondary N) is 2. The van der Waals surface area contributed by atoms with Gasteiger partial charge in [-0.3, -0.25) is 9.59 Å². The lowest BCUT2D eigenvalue weighted by Crippen LogP contribution is -2.27. The molecular weight excluding hydrogens is 426 g/mol. The number of benzene rings is 2. The van der Waals surface area contributed by atoms with Crippen LogP contribution in [0.2, 0.25) is 0 Å². The number of fused-ring (bicyclic) bond motifs is 1. The summed E-state index contributed by atoms with van der Waals surface area (Å²) in [4.78, 5) is 29.8. The van der Waals surface area contributed by atoms with Crippen molar-refractivity contribution in [3.8, 4) is 0 Å². The minimum atomic E-state index is -0.197. The summed E-state index contributed by atoms with van der Waals surface area (Å²) in [6.45, 7) is 7.87. The van der Waals surface area contributed by atoms with Crippen molar-refractivity contribution in [1.82, 2.24) is 19.9 Å². The molecule has 0 spiro atoms. The molecule has 0 saturated carbocycles. The summed E-state index contributed by atoms with van der Waals surface area (Å²) >= 11 is 0. The average molecular weight is 456 g/mol. The van der Waals surface area contributed by atoms with Gasteiger partial charge in [0.15, 0.2) is 5.65 Å². The van der Waals surface area contributed by atoms with Crippen LogP contribution < -0.4 is 10.6 Å². The van der Waals surface area contributed by atoms with E-state index >= 15 is 0 Å². The van der Waals surface area contributed by atoms with Gasteiger partial charge < -0.3 is 10.6 Å². The lowest BCUT2D eigenvalue weighted by molar-refractivity contribution is -0.121. The van der Waals surface area contributed by atoms with E-state index in [-0.39, 0.29) is 17.9 Å². The maximum absolute atomic E-state index is 12.7. The number of rotatable bonds is 7. The predicted molar refractivity (Wildman–Crippen MR) is 133 cm³/mol. The van der Waals surface area contributed by atoms with E-state index in [4.69, 9.17) is 0 Å². The normalized spacial score (nSPS) is 11.9. The Hall–Kier alpha value is -4.00. The van der Waals surface area contributed by atoms with Crippen molar-refractivity contribution in [2.75, 3.05) is 5.32 Å². The topological polar surface area (TPSA) is 88.4 Å². The van der Waals surface area contributed by atoms with Crippen LogP contribution in [0.25, 0.3) is 5.65 Å². The van der Waals surface area contributed by atoms with Gasteiger partial charge in [0, 0.05) is 35.1 Å². The first-order valence-electron chi connectivity index (χ1n) is 11.4. The highest BCUT2D eigenvalue weighted by atomic mass is 16.2. The van der Waals surface area contributed by atoms with Gasteiger partial charge in [-0.2, -0.15) is 5.10 Å². The summed E-state index contributed by atoms with van der Waals surface area (Å²) in [7, 11) is 0. The van der Waals surface area contributed by atoms with Crippen molar-refractivity contribution in [3.63, 3.8) is 0 Å². The van der Waals surface area contributed by atoms with Crippen molar-refractivity contribution in [3.05, 3.63) is 94.4 Å². The molecule has 0 radical (unpaired) electrons. The Kier molecular flexibility index (Phi) is 6.72. The second kappa shape index (κ2) is 9.87. The fourth-order valence-corrected chi connectivity index (χ4v) is 4.12. The van der Waals surface area contributed by atoms with Gasteiger partial charge in [-0.05, 0) is 69.5 Å². The fraction of sp³-hybridized carbons (Fsp3) is 0.259. The molecule has 174 valence electrons. The number of nitrogens with zero attached hydrogens (tertiary/aromatic N) is 3. The SMILES string of the molecule is Cc1cc2nc(C)c(CCC(=O)NC(C)c3cccc(NC(=O)c4ccccc4)c3)c(C)n2n1. The molecule has 34 heavy (non-hydrogen) atoms. The summed E-state index contributed by atoms with van der Waals surface area (Å²) in [5, 5.41) is 10.5. The van der Waals surface area contributed by atoms with Crippen LogP contribution in [0.1, 0.15) is 58.0 Å². The van der Waals surface area contributed by atoms with Crippen LogP contribution in [0.5, 0.6) is 0 Å². The number of anilines is 1. The third-order valence-corrected chi connectivity index (χ3v) is 5.95. The second-order valence-electron chi connectivity index (χ2n) is 8.55. The van der Waals surface area contributed by atoms with Crippen LogP contribution in [0.3, 0.4) is 0 Å². The Balaban J connectivity index is 1.38. The standard InChI is InChI=1S/C27H29N5O2/c1-17-15-25-28-19(3)24(20(4)32(25)31-17)13-14-26(33)29-18(2)22-11-8-12-23(16-22)30-27(34)21-9-6-5-7-10-21/h5-12,15-16,18H,13-14H2,1-4H3,(H,29,33)(H,30,34). The van der Waals surface area contributed by atoms with E-state index in [2.05, 4.69) is 20.7 Å². The monoisotopic (exact) mass is 455 g/mol. The fourth-order valence-electron chi connectivity index (χ4n) is 4.12. The third-order valence-electron chi connectivity index (χ3n) is 5.95. The molecule has 7 heteroatoms. The molecule has 1 atom stereocenters. The predicted octanol–water partition coefficient (Wildman–Crippen LogP) is 4.72. The van der Waals surface area contributed by atoms with Gasteiger partial charge in [0.2, 0.25) is 5.91 Å². The van der Waals surface area contributed by atoms with E-state index in [1.54, 1.807) is 12.1 Å². The number of hydrogen-bond acceptors (Lipinski definition) is 4. The molecule has 0 bridgehead atoms. The van der Waals surface area contributed by atoms with Crippen LogP contribution in [0.4, 0.5) is 5.69 Å². The van der Waals surface area contributed by atoms with Crippen molar-refractivity contribution < 1.29 is 9.59 Å². The van der Waals surface area contributed by atoms with Gasteiger partial charge in [0.1, 0.15) is 0 Å². The molecular formula is C27H29N5O2. The quantitative estimate of drug-likeness (QED) is 0.422. The molecule has 4 rings (SSSR count). The molecule has 0 aliphatic carbocycles. The molecule has 2 aromatic carbocycles.